The van der Waals surface area contributed by atoms with E-state index in [-0.39, 0.29) is 22.7 Å². The fourth-order valence-corrected chi connectivity index (χ4v) is 3.25. The lowest BCUT2D eigenvalue weighted by atomic mass is 9.88. The van der Waals surface area contributed by atoms with Crippen LogP contribution in [-0.4, -0.2) is 22.8 Å². The maximum absolute atomic E-state index is 12.3. The van der Waals surface area contributed by atoms with Crippen molar-refractivity contribution in [2.45, 2.75) is 32.1 Å². The molecule has 4 N–H and O–H groups in total. The first-order valence-corrected chi connectivity index (χ1v) is 9.80. The van der Waals surface area contributed by atoms with Crippen molar-refractivity contribution >= 4 is 40.7 Å². The van der Waals surface area contributed by atoms with Crippen molar-refractivity contribution in [3.63, 3.8) is 0 Å². The van der Waals surface area contributed by atoms with Crippen molar-refractivity contribution in [3.8, 4) is 0 Å². The van der Waals surface area contributed by atoms with Crippen LogP contribution >= 0.6 is 12.2 Å². The molecule has 3 amide bonds. The number of amides is 3. The van der Waals surface area contributed by atoms with Crippen molar-refractivity contribution in [2.75, 3.05) is 5.32 Å². The zero-order chi connectivity index (χ0) is 20.6. The van der Waals surface area contributed by atoms with Gasteiger partial charge in [-0.3, -0.25) is 30.6 Å². The monoisotopic (exact) mass is 414 g/mol. The molecule has 2 aromatic rings. The summed E-state index contributed by atoms with van der Waals surface area (Å²) in [5, 5.41) is 5.20. The number of carbonyl (C=O) groups is 3. The summed E-state index contributed by atoms with van der Waals surface area (Å²) < 4.78 is 4.95. The minimum Gasteiger partial charge on any atom is -0.459 e. The van der Waals surface area contributed by atoms with Crippen LogP contribution in [0, 0.1) is 5.92 Å². The molecular weight excluding hydrogens is 392 g/mol. The van der Waals surface area contributed by atoms with Gasteiger partial charge in [-0.15, -0.1) is 0 Å². The minimum absolute atomic E-state index is 0.0289. The van der Waals surface area contributed by atoms with Gasteiger partial charge in [-0.1, -0.05) is 19.3 Å². The summed E-state index contributed by atoms with van der Waals surface area (Å²) in [5.41, 5.74) is 5.86. The van der Waals surface area contributed by atoms with Gasteiger partial charge in [-0.2, -0.15) is 0 Å². The van der Waals surface area contributed by atoms with E-state index in [2.05, 4.69) is 21.5 Å². The van der Waals surface area contributed by atoms with Gasteiger partial charge < -0.3 is 9.73 Å². The summed E-state index contributed by atoms with van der Waals surface area (Å²) in [6, 6.07) is 9.61. The molecular formula is C20H22N4O4S. The molecule has 0 spiro atoms. The molecule has 1 fully saturated rings. The molecule has 0 radical (unpaired) electrons. The summed E-state index contributed by atoms with van der Waals surface area (Å²) in [6.45, 7) is 0. The van der Waals surface area contributed by atoms with Gasteiger partial charge in [0.25, 0.3) is 11.8 Å². The van der Waals surface area contributed by atoms with Gasteiger partial charge in [0, 0.05) is 17.2 Å². The lowest BCUT2D eigenvalue weighted by molar-refractivity contribution is -0.120. The first kappa shape index (κ1) is 20.5. The largest absolute Gasteiger partial charge is 0.459 e. The number of hydrogen-bond donors (Lipinski definition) is 4. The predicted molar refractivity (Wildman–Crippen MR) is 111 cm³/mol. The van der Waals surface area contributed by atoms with E-state index in [4.69, 9.17) is 16.6 Å². The average molecular weight is 414 g/mol. The van der Waals surface area contributed by atoms with Gasteiger partial charge in [0.2, 0.25) is 5.91 Å². The van der Waals surface area contributed by atoms with E-state index < -0.39 is 11.8 Å². The van der Waals surface area contributed by atoms with E-state index >= 15 is 0 Å². The Labute approximate surface area is 173 Å². The lowest BCUT2D eigenvalue weighted by Crippen LogP contribution is -2.48. The molecule has 0 bridgehead atoms. The summed E-state index contributed by atoms with van der Waals surface area (Å²) in [6.07, 6.45) is 6.59. The molecule has 3 rings (SSSR count). The number of hydrazine groups is 1. The number of thiocarbonyl (C=S) groups is 1. The maximum atomic E-state index is 12.3. The molecule has 1 aliphatic carbocycles. The van der Waals surface area contributed by atoms with E-state index in [9.17, 15) is 14.4 Å². The van der Waals surface area contributed by atoms with Crippen molar-refractivity contribution in [1.82, 2.24) is 16.2 Å². The van der Waals surface area contributed by atoms with E-state index in [1.165, 1.54) is 18.8 Å². The van der Waals surface area contributed by atoms with Gasteiger partial charge in [0.1, 0.15) is 0 Å². The van der Waals surface area contributed by atoms with Crippen molar-refractivity contribution in [1.29, 1.82) is 0 Å². The third kappa shape index (κ3) is 5.89. The molecule has 1 aromatic heterocycles. The predicted octanol–water partition coefficient (Wildman–Crippen LogP) is 2.75. The first-order valence-electron chi connectivity index (χ1n) is 9.39. The molecule has 152 valence electrons. The van der Waals surface area contributed by atoms with Gasteiger partial charge in [0.15, 0.2) is 10.9 Å². The van der Waals surface area contributed by atoms with E-state index in [1.54, 1.807) is 30.3 Å². The van der Waals surface area contributed by atoms with Crippen molar-refractivity contribution < 1.29 is 18.8 Å². The second-order valence-electron chi connectivity index (χ2n) is 6.74. The third-order valence-corrected chi connectivity index (χ3v) is 4.86. The molecule has 1 aliphatic rings. The fourth-order valence-electron chi connectivity index (χ4n) is 3.10. The second-order valence-corrected chi connectivity index (χ2v) is 7.15. The molecule has 1 heterocycles. The molecule has 1 saturated carbocycles. The molecule has 0 atom stereocenters. The Balaban J connectivity index is 1.45. The van der Waals surface area contributed by atoms with Crippen LogP contribution in [0.15, 0.2) is 47.1 Å². The Hall–Kier alpha value is -3.20. The topological polar surface area (TPSA) is 112 Å². The molecule has 9 heteroatoms. The van der Waals surface area contributed by atoms with Gasteiger partial charge in [-0.25, -0.2) is 0 Å². The number of rotatable bonds is 4. The highest BCUT2D eigenvalue weighted by molar-refractivity contribution is 7.80. The highest BCUT2D eigenvalue weighted by Crippen LogP contribution is 2.25. The average Bonchev–Trinajstić information content (AvgIpc) is 3.28. The normalized spacial score (nSPS) is 13.9. The summed E-state index contributed by atoms with van der Waals surface area (Å²) in [4.78, 5) is 36.3. The Kier molecular flexibility index (Phi) is 6.96. The molecule has 1 aromatic carbocycles. The van der Waals surface area contributed by atoms with E-state index in [0.717, 1.165) is 25.7 Å². The van der Waals surface area contributed by atoms with E-state index in [1.807, 2.05) is 0 Å². The van der Waals surface area contributed by atoms with Gasteiger partial charge >= 0.3 is 0 Å². The molecule has 29 heavy (non-hydrogen) atoms. The number of benzene rings is 1. The van der Waals surface area contributed by atoms with Crippen LogP contribution in [0.1, 0.15) is 53.0 Å². The summed E-state index contributed by atoms with van der Waals surface area (Å²) in [5.74, 6) is -0.773. The Morgan fingerprint density at radius 2 is 1.66 bits per heavy atom. The van der Waals surface area contributed by atoms with Crippen molar-refractivity contribution in [3.05, 3.63) is 54.0 Å². The second kappa shape index (κ2) is 9.83. The molecule has 8 nitrogen and oxygen atoms in total. The first-order chi connectivity index (χ1) is 14.0. The van der Waals surface area contributed by atoms with Crippen LogP contribution in [0.3, 0.4) is 0 Å². The Morgan fingerprint density at radius 3 is 2.31 bits per heavy atom. The SMILES string of the molecule is O=C(NNC(=S)NC(=O)c1ccco1)c1ccc(NC(=O)C2CCCCC2)cc1. The van der Waals surface area contributed by atoms with Gasteiger partial charge in [-0.05, 0) is 61.5 Å². The van der Waals surface area contributed by atoms with E-state index in [0.29, 0.717) is 11.3 Å². The quantitative estimate of drug-likeness (QED) is 0.452. The molecule has 0 aliphatic heterocycles. The van der Waals surface area contributed by atoms with Gasteiger partial charge in [0.05, 0.1) is 6.26 Å². The van der Waals surface area contributed by atoms with Crippen molar-refractivity contribution in [2.24, 2.45) is 5.92 Å². The molecule has 0 saturated heterocycles. The number of hydrogen-bond acceptors (Lipinski definition) is 5. The van der Waals surface area contributed by atoms with Crippen LogP contribution in [0.25, 0.3) is 0 Å². The zero-order valence-electron chi connectivity index (χ0n) is 15.7. The fraction of sp³-hybridized carbons (Fsp3) is 0.300. The molecule has 0 unspecified atom stereocenters. The van der Waals surface area contributed by atoms with Crippen LogP contribution in [0.2, 0.25) is 0 Å². The summed E-state index contributed by atoms with van der Waals surface area (Å²) >= 11 is 4.96. The minimum atomic E-state index is -0.528. The van der Waals surface area contributed by atoms with Crippen LogP contribution in [-0.2, 0) is 4.79 Å². The van der Waals surface area contributed by atoms with Crippen LogP contribution in [0.4, 0.5) is 5.69 Å². The maximum Gasteiger partial charge on any atom is 0.293 e. The third-order valence-electron chi connectivity index (χ3n) is 4.65. The van der Waals surface area contributed by atoms with Crippen LogP contribution < -0.4 is 21.5 Å². The lowest BCUT2D eigenvalue weighted by Gasteiger charge is -2.20. The smallest absolute Gasteiger partial charge is 0.293 e. The Morgan fingerprint density at radius 1 is 0.931 bits per heavy atom. The standard InChI is InChI=1S/C20H22N4O4S/c25-17(13-5-2-1-3-6-13)21-15-10-8-14(9-11-15)18(26)23-24-20(29)22-19(27)16-7-4-12-28-16/h4,7-13H,1-3,5-6H2,(H,21,25)(H,23,26)(H2,22,24,27,29). The number of furan rings is 1. The Bertz CT molecular complexity index is 874. The number of anilines is 1. The number of nitrogens with one attached hydrogen (secondary N) is 4. The highest BCUT2D eigenvalue weighted by Gasteiger charge is 2.21. The van der Waals surface area contributed by atoms with Crippen LogP contribution in [0.5, 0.6) is 0 Å². The highest BCUT2D eigenvalue weighted by atomic mass is 32.1. The zero-order valence-corrected chi connectivity index (χ0v) is 16.5. The number of carbonyl (C=O) groups excluding carboxylic acids is 3. The summed E-state index contributed by atoms with van der Waals surface area (Å²) in [7, 11) is 0.